The maximum atomic E-state index is 12.0. The fraction of sp³-hybridized carbons (Fsp3) is 0.692. The molecule has 1 saturated carbocycles. The first-order valence-corrected chi connectivity index (χ1v) is 9.62. The molecule has 2 fully saturated rings. The summed E-state index contributed by atoms with van der Waals surface area (Å²) in [5.41, 5.74) is 0. The number of hydrogen-bond acceptors (Lipinski definition) is 6. The maximum absolute atomic E-state index is 12.0. The molecule has 0 spiro atoms. The summed E-state index contributed by atoms with van der Waals surface area (Å²) in [5.74, 6) is -0.355. The Bertz CT molecular complexity index is 616. The van der Waals surface area contributed by atoms with Crippen molar-refractivity contribution in [3.8, 4) is 0 Å². The van der Waals surface area contributed by atoms with Crippen molar-refractivity contribution in [1.82, 2.24) is 9.71 Å². The van der Waals surface area contributed by atoms with Crippen molar-refractivity contribution in [2.75, 3.05) is 12.4 Å². The van der Waals surface area contributed by atoms with Crippen LogP contribution in [0.2, 0.25) is 0 Å². The molecule has 0 aromatic carbocycles. The van der Waals surface area contributed by atoms with Gasteiger partial charge >= 0.3 is 0 Å². The summed E-state index contributed by atoms with van der Waals surface area (Å²) in [6.45, 7) is 0.710. The zero-order valence-corrected chi connectivity index (χ0v) is 13.2. The van der Waals surface area contributed by atoms with Crippen LogP contribution < -0.4 is 4.72 Å². The third-order valence-electron chi connectivity index (χ3n) is 3.88. The lowest BCUT2D eigenvalue weighted by molar-refractivity contribution is 0.0985. The van der Waals surface area contributed by atoms with Crippen LogP contribution in [0.15, 0.2) is 6.20 Å². The van der Waals surface area contributed by atoms with Crippen LogP contribution in [0.3, 0.4) is 0 Å². The van der Waals surface area contributed by atoms with Gasteiger partial charge in [-0.05, 0) is 31.6 Å². The number of carbonyl (C=O) groups excluding carboxylic acids is 1. The molecule has 1 aliphatic carbocycles. The SMILES string of the molecule is O=C(NS(=O)(=O)CC1CCC1)c1cnc([C@@H]2CCCO2)s1. The number of sulfonamides is 1. The van der Waals surface area contributed by atoms with Crippen LogP contribution in [0.5, 0.6) is 0 Å². The number of amides is 1. The largest absolute Gasteiger partial charge is 0.371 e. The molecule has 1 aromatic heterocycles. The van der Waals surface area contributed by atoms with Crippen LogP contribution in [0.1, 0.15) is 52.9 Å². The van der Waals surface area contributed by atoms with E-state index in [1.807, 2.05) is 0 Å². The van der Waals surface area contributed by atoms with E-state index in [1.165, 1.54) is 17.5 Å². The molecule has 1 saturated heterocycles. The Hall–Kier alpha value is -0.990. The summed E-state index contributed by atoms with van der Waals surface area (Å²) in [5, 5.41) is 0.744. The minimum absolute atomic E-state index is 0.0378. The first-order valence-electron chi connectivity index (χ1n) is 7.16. The molecule has 1 aromatic rings. The molecule has 1 atom stereocenters. The summed E-state index contributed by atoms with van der Waals surface area (Å²) < 4.78 is 31.5. The first-order chi connectivity index (χ1) is 10.0. The Morgan fingerprint density at radius 2 is 2.19 bits per heavy atom. The van der Waals surface area contributed by atoms with E-state index < -0.39 is 15.9 Å². The van der Waals surface area contributed by atoms with Crippen LogP contribution in [-0.4, -0.2) is 31.7 Å². The Labute approximate surface area is 128 Å². The van der Waals surface area contributed by atoms with Gasteiger partial charge in [0.05, 0.1) is 11.9 Å². The van der Waals surface area contributed by atoms with Gasteiger partial charge in [0, 0.05) is 6.61 Å². The van der Waals surface area contributed by atoms with Gasteiger partial charge in [-0.3, -0.25) is 4.79 Å². The molecule has 1 amide bonds. The summed E-state index contributed by atoms with van der Waals surface area (Å²) in [7, 11) is -3.55. The summed E-state index contributed by atoms with van der Waals surface area (Å²) >= 11 is 1.20. The third kappa shape index (κ3) is 3.61. The lowest BCUT2D eigenvalue weighted by Crippen LogP contribution is -2.36. The average molecular weight is 330 g/mol. The molecule has 2 heterocycles. The molecule has 8 heteroatoms. The van der Waals surface area contributed by atoms with Crippen LogP contribution in [0.4, 0.5) is 0 Å². The van der Waals surface area contributed by atoms with E-state index >= 15 is 0 Å². The smallest absolute Gasteiger partial charge is 0.276 e. The molecule has 3 rings (SSSR count). The number of aromatic nitrogens is 1. The second-order valence-corrected chi connectivity index (χ2v) is 8.40. The van der Waals surface area contributed by atoms with Crippen molar-refractivity contribution in [2.24, 2.45) is 5.92 Å². The van der Waals surface area contributed by atoms with E-state index in [-0.39, 0.29) is 17.8 Å². The normalized spacial score (nSPS) is 23.0. The van der Waals surface area contributed by atoms with E-state index in [0.717, 1.165) is 37.1 Å². The molecule has 21 heavy (non-hydrogen) atoms. The van der Waals surface area contributed by atoms with Crippen molar-refractivity contribution < 1.29 is 17.9 Å². The van der Waals surface area contributed by atoms with Crippen LogP contribution in [-0.2, 0) is 14.8 Å². The number of thiazole rings is 1. The first kappa shape index (κ1) is 14.9. The van der Waals surface area contributed by atoms with E-state index in [1.54, 1.807) is 0 Å². The van der Waals surface area contributed by atoms with Crippen molar-refractivity contribution >= 4 is 27.3 Å². The summed E-state index contributed by atoms with van der Waals surface area (Å²) in [6, 6.07) is 0. The molecule has 1 aliphatic heterocycles. The van der Waals surface area contributed by atoms with Crippen LogP contribution in [0.25, 0.3) is 0 Å². The summed E-state index contributed by atoms with van der Waals surface area (Å²) in [4.78, 5) is 16.5. The highest BCUT2D eigenvalue weighted by Crippen LogP contribution is 2.31. The number of nitrogens with zero attached hydrogens (tertiary/aromatic N) is 1. The van der Waals surface area contributed by atoms with Gasteiger partial charge in [-0.1, -0.05) is 6.42 Å². The minimum Gasteiger partial charge on any atom is -0.371 e. The average Bonchev–Trinajstić information content (AvgIpc) is 3.03. The lowest BCUT2D eigenvalue weighted by atomic mass is 9.87. The molecule has 0 radical (unpaired) electrons. The predicted molar refractivity (Wildman–Crippen MR) is 78.6 cm³/mol. The third-order valence-corrected chi connectivity index (χ3v) is 6.38. The number of carbonyl (C=O) groups is 1. The summed E-state index contributed by atoms with van der Waals surface area (Å²) in [6.07, 6.45) is 6.19. The van der Waals surface area contributed by atoms with Gasteiger partial charge < -0.3 is 4.74 Å². The monoisotopic (exact) mass is 330 g/mol. The standard InChI is InChI=1S/C13H18N2O4S2/c16-12(15-21(17,18)8-9-3-1-4-9)11-7-14-13(20-11)10-5-2-6-19-10/h7,9-10H,1-6,8H2,(H,15,16)/t10-/m0/s1. The fourth-order valence-electron chi connectivity index (χ4n) is 2.52. The van der Waals surface area contributed by atoms with Gasteiger partial charge in [-0.25, -0.2) is 18.1 Å². The Kier molecular flexibility index (Phi) is 4.28. The molecule has 0 bridgehead atoms. The highest BCUT2D eigenvalue weighted by molar-refractivity contribution is 7.90. The van der Waals surface area contributed by atoms with Gasteiger partial charge in [-0.15, -0.1) is 11.3 Å². The molecule has 6 nitrogen and oxygen atoms in total. The zero-order valence-electron chi connectivity index (χ0n) is 11.6. The Balaban J connectivity index is 1.62. The Morgan fingerprint density at radius 3 is 2.81 bits per heavy atom. The zero-order chi connectivity index (χ0) is 14.9. The van der Waals surface area contributed by atoms with E-state index in [9.17, 15) is 13.2 Å². The molecule has 2 aliphatic rings. The fourth-order valence-corrected chi connectivity index (χ4v) is 4.91. The highest BCUT2D eigenvalue weighted by Gasteiger charge is 2.27. The second-order valence-electron chi connectivity index (χ2n) is 5.57. The lowest BCUT2D eigenvalue weighted by Gasteiger charge is -2.24. The van der Waals surface area contributed by atoms with Gasteiger partial charge in [0.15, 0.2) is 0 Å². The van der Waals surface area contributed by atoms with Gasteiger partial charge in [0.1, 0.15) is 16.0 Å². The van der Waals surface area contributed by atoms with Gasteiger partial charge in [0.25, 0.3) is 5.91 Å². The number of nitrogens with one attached hydrogen (secondary N) is 1. The molecular weight excluding hydrogens is 312 g/mol. The van der Waals surface area contributed by atoms with E-state index in [2.05, 4.69) is 9.71 Å². The van der Waals surface area contributed by atoms with Gasteiger partial charge in [-0.2, -0.15) is 0 Å². The maximum Gasteiger partial charge on any atom is 0.276 e. The second kappa shape index (κ2) is 6.02. The van der Waals surface area contributed by atoms with Crippen LogP contribution in [0, 0.1) is 5.92 Å². The molecule has 116 valence electrons. The van der Waals surface area contributed by atoms with Gasteiger partial charge in [0.2, 0.25) is 10.0 Å². The van der Waals surface area contributed by atoms with Crippen LogP contribution >= 0.6 is 11.3 Å². The number of hydrogen-bond donors (Lipinski definition) is 1. The minimum atomic E-state index is -3.55. The van der Waals surface area contributed by atoms with Crippen molar-refractivity contribution in [3.63, 3.8) is 0 Å². The Morgan fingerprint density at radius 1 is 1.38 bits per heavy atom. The van der Waals surface area contributed by atoms with Crippen molar-refractivity contribution in [2.45, 2.75) is 38.2 Å². The quantitative estimate of drug-likeness (QED) is 0.890. The molecule has 1 N–H and O–H groups in total. The number of rotatable bonds is 5. The van der Waals surface area contributed by atoms with Crippen molar-refractivity contribution in [3.05, 3.63) is 16.1 Å². The molecule has 0 unspecified atom stereocenters. The topological polar surface area (TPSA) is 85.4 Å². The molecular formula is C13H18N2O4S2. The van der Waals surface area contributed by atoms with Crippen molar-refractivity contribution in [1.29, 1.82) is 0 Å². The highest BCUT2D eigenvalue weighted by atomic mass is 32.2. The van der Waals surface area contributed by atoms with E-state index in [0.29, 0.717) is 11.5 Å². The number of ether oxygens (including phenoxy) is 1. The predicted octanol–water partition coefficient (Wildman–Crippen LogP) is 1.85. The van der Waals surface area contributed by atoms with E-state index in [4.69, 9.17) is 4.74 Å².